The number of carbonyl (C=O) groups excluding carboxylic acids is 1. The van der Waals surface area contributed by atoms with Crippen LogP contribution in [0.5, 0.6) is 0 Å². The van der Waals surface area contributed by atoms with Crippen LogP contribution in [0.1, 0.15) is 10.5 Å². The van der Waals surface area contributed by atoms with E-state index < -0.39 is 0 Å². The molecular formula is C14H12N8O. The molecule has 2 N–H and O–H groups in total. The number of aromatic amines is 1. The van der Waals surface area contributed by atoms with E-state index in [2.05, 4.69) is 30.4 Å². The summed E-state index contributed by atoms with van der Waals surface area (Å²) in [5.41, 5.74) is 2.09. The Labute approximate surface area is 130 Å². The van der Waals surface area contributed by atoms with Crippen LogP contribution in [0.3, 0.4) is 0 Å². The van der Waals surface area contributed by atoms with Crippen LogP contribution in [0.2, 0.25) is 0 Å². The van der Waals surface area contributed by atoms with Gasteiger partial charge >= 0.3 is 0 Å². The Hall–Kier alpha value is -3.49. The van der Waals surface area contributed by atoms with Crippen LogP contribution in [0.15, 0.2) is 43.4 Å². The van der Waals surface area contributed by atoms with Crippen LogP contribution in [0, 0.1) is 0 Å². The molecule has 0 spiro atoms. The summed E-state index contributed by atoms with van der Waals surface area (Å²) in [5, 5.41) is 6.80. The number of imidazole rings is 1. The molecule has 9 nitrogen and oxygen atoms in total. The summed E-state index contributed by atoms with van der Waals surface area (Å²) < 4.78 is 3.25. The number of hydrogen-bond acceptors (Lipinski definition) is 5. The molecule has 9 heteroatoms. The molecule has 0 aromatic carbocycles. The molecule has 1 amide bonds. The summed E-state index contributed by atoms with van der Waals surface area (Å²) in [6, 6.07) is 1.79. The first-order valence-corrected chi connectivity index (χ1v) is 6.84. The number of carbonyl (C=O) groups is 1. The number of amides is 1. The molecule has 4 heterocycles. The topological polar surface area (TPSA) is 106 Å². The predicted molar refractivity (Wildman–Crippen MR) is 82.2 cm³/mol. The van der Waals surface area contributed by atoms with Crippen molar-refractivity contribution in [1.82, 2.24) is 34.3 Å². The Bertz CT molecular complexity index is 981. The zero-order valence-corrected chi connectivity index (χ0v) is 12.1. The molecule has 4 aromatic heterocycles. The van der Waals surface area contributed by atoms with Crippen LogP contribution in [-0.4, -0.2) is 40.2 Å². The number of aromatic nitrogens is 7. The van der Waals surface area contributed by atoms with Crippen molar-refractivity contribution < 1.29 is 4.79 Å². The summed E-state index contributed by atoms with van der Waals surface area (Å²) in [7, 11) is 1.78. The molecule has 0 fully saturated rings. The second-order valence-corrected chi connectivity index (χ2v) is 4.94. The maximum atomic E-state index is 12.6. The summed E-state index contributed by atoms with van der Waals surface area (Å²) >= 11 is 0. The Kier molecular flexibility index (Phi) is 2.90. The molecule has 0 bridgehead atoms. The van der Waals surface area contributed by atoms with Gasteiger partial charge in [-0.25, -0.2) is 15.0 Å². The second kappa shape index (κ2) is 5.05. The maximum absolute atomic E-state index is 12.6. The molecule has 4 rings (SSSR count). The summed E-state index contributed by atoms with van der Waals surface area (Å²) in [6.07, 6.45) is 9.93. The van der Waals surface area contributed by atoms with Crippen molar-refractivity contribution in [2.75, 3.05) is 5.32 Å². The van der Waals surface area contributed by atoms with Crippen LogP contribution in [0.4, 0.5) is 5.69 Å². The first-order chi connectivity index (χ1) is 11.2. The fourth-order valence-electron chi connectivity index (χ4n) is 2.27. The van der Waals surface area contributed by atoms with E-state index in [1.807, 2.05) is 0 Å². The number of fused-ring (bicyclic) bond motifs is 1. The lowest BCUT2D eigenvalue weighted by Crippen LogP contribution is -2.16. The quantitative estimate of drug-likeness (QED) is 0.590. The lowest BCUT2D eigenvalue weighted by Gasteiger charge is -2.06. The van der Waals surface area contributed by atoms with E-state index in [1.54, 1.807) is 59.7 Å². The van der Waals surface area contributed by atoms with Crippen molar-refractivity contribution in [3.63, 3.8) is 0 Å². The number of aryl methyl sites for hydroxylation is 1. The van der Waals surface area contributed by atoms with E-state index in [0.29, 0.717) is 22.7 Å². The Morgan fingerprint density at radius 3 is 3.00 bits per heavy atom. The SMILES string of the molecule is Cn1cc(NC(=O)c2nc(-n3ccnc3)nc3cc[nH]c23)cn1. The van der Waals surface area contributed by atoms with Crippen LogP contribution < -0.4 is 5.32 Å². The van der Waals surface area contributed by atoms with Gasteiger partial charge in [-0.2, -0.15) is 5.10 Å². The molecule has 23 heavy (non-hydrogen) atoms. The lowest BCUT2D eigenvalue weighted by molar-refractivity contribution is 0.102. The average Bonchev–Trinajstić information content (AvgIpc) is 3.27. The van der Waals surface area contributed by atoms with E-state index in [-0.39, 0.29) is 11.6 Å². The molecule has 0 aliphatic heterocycles. The molecule has 0 saturated heterocycles. The van der Waals surface area contributed by atoms with E-state index >= 15 is 0 Å². The van der Waals surface area contributed by atoms with Gasteiger partial charge in [-0.05, 0) is 6.07 Å². The number of H-pyrrole nitrogens is 1. The third-order valence-electron chi connectivity index (χ3n) is 3.31. The standard InChI is InChI=1S/C14H12N8O/c1-21-7-9(6-17-21)18-13(23)12-11-10(2-3-16-11)19-14(20-12)22-5-4-15-8-22/h2-8,16H,1H3,(H,18,23). The maximum Gasteiger partial charge on any atom is 0.276 e. The minimum Gasteiger partial charge on any atom is -0.358 e. The van der Waals surface area contributed by atoms with E-state index in [0.717, 1.165) is 0 Å². The van der Waals surface area contributed by atoms with Gasteiger partial charge in [0.05, 0.1) is 22.9 Å². The number of nitrogens with one attached hydrogen (secondary N) is 2. The van der Waals surface area contributed by atoms with Crippen molar-refractivity contribution >= 4 is 22.6 Å². The molecular weight excluding hydrogens is 296 g/mol. The molecule has 114 valence electrons. The van der Waals surface area contributed by atoms with Gasteiger partial charge in [-0.3, -0.25) is 14.0 Å². The van der Waals surface area contributed by atoms with Crippen molar-refractivity contribution in [2.24, 2.45) is 7.05 Å². The Morgan fingerprint density at radius 1 is 1.35 bits per heavy atom. The third kappa shape index (κ3) is 2.33. The Morgan fingerprint density at radius 2 is 2.26 bits per heavy atom. The first-order valence-electron chi connectivity index (χ1n) is 6.84. The van der Waals surface area contributed by atoms with Gasteiger partial charge in [0.2, 0.25) is 5.95 Å². The van der Waals surface area contributed by atoms with Crippen molar-refractivity contribution in [3.05, 3.63) is 49.1 Å². The monoisotopic (exact) mass is 308 g/mol. The predicted octanol–water partition coefficient (Wildman–Crippen LogP) is 1.13. The van der Waals surface area contributed by atoms with E-state index in [9.17, 15) is 4.79 Å². The number of rotatable bonds is 3. The third-order valence-corrected chi connectivity index (χ3v) is 3.31. The van der Waals surface area contributed by atoms with Crippen LogP contribution in [-0.2, 0) is 7.05 Å². The highest BCUT2D eigenvalue weighted by molar-refractivity contribution is 6.09. The average molecular weight is 308 g/mol. The van der Waals surface area contributed by atoms with E-state index in [4.69, 9.17) is 0 Å². The summed E-state index contributed by atoms with van der Waals surface area (Å²) in [6.45, 7) is 0. The zero-order valence-electron chi connectivity index (χ0n) is 12.1. The lowest BCUT2D eigenvalue weighted by atomic mass is 10.3. The van der Waals surface area contributed by atoms with E-state index in [1.165, 1.54) is 0 Å². The summed E-state index contributed by atoms with van der Waals surface area (Å²) in [4.78, 5) is 28.3. The van der Waals surface area contributed by atoms with Gasteiger partial charge in [-0.15, -0.1) is 0 Å². The molecule has 0 aliphatic rings. The first kappa shape index (κ1) is 13.2. The van der Waals surface area contributed by atoms with Crippen molar-refractivity contribution in [2.45, 2.75) is 0 Å². The van der Waals surface area contributed by atoms with Gasteiger partial charge in [0, 0.05) is 31.8 Å². The fraction of sp³-hybridized carbons (Fsp3) is 0.0714. The second-order valence-electron chi connectivity index (χ2n) is 4.94. The van der Waals surface area contributed by atoms with Crippen molar-refractivity contribution in [1.29, 1.82) is 0 Å². The zero-order chi connectivity index (χ0) is 15.8. The minimum absolute atomic E-state index is 0.257. The Balaban J connectivity index is 1.78. The highest BCUT2D eigenvalue weighted by atomic mass is 16.1. The van der Waals surface area contributed by atoms with Gasteiger partial charge < -0.3 is 10.3 Å². The molecule has 4 aromatic rings. The molecule has 0 aliphatic carbocycles. The molecule has 0 saturated carbocycles. The smallest absolute Gasteiger partial charge is 0.276 e. The minimum atomic E-state index is -0.339. The number of anilines is 1. The number of nitrogens with zero attached hydrogens (tertiary/aromatic N) is 6. The van der Waals surface area contributed by atoms with Crippen molar-refractivity contribution in [3.8, 4) is 5.95 Å². The molecule has 0 radical (unpaired) electrons. The normalized spacial score (nSPS) is 11.0. The van der Waals surface area contributed by atoms with Gasteiger partial charge in [0.25, 0.3) is 5.91 Å². The largest absolute Gasteiger partial charge is 0.358 e. The molecule has 0 atom stereocenters. The van der Waals surface area contributed by atoms with Gasteiger partial charge in [-0.1, -0.05) is 0 Å². The highest BCUT2D eigenvalue weighted by Crippen LogP contribution is 2.17. The fourth-order valence-corrected chi connectivity index (χ4v) is 2.27. The van der Waals surface area contributed by atoms with Gasteiger partial charge in [0.15, 0.2) is 5.69 Å². The van der Waals surface area contributed by atoms with Crippen LogP contribution >= 0.6 is 0 Å². The highest BCUT2D eigenvalue weighted by Gasteiger charge is 2.17. The summed E-state index contributed by atoms with van der Waals surface area (Å²) in [5.74, 6) is 0.0418. The van der Waals surface area contributed by atoms with Crippen LogP contribution in [0.25, 0.3) is 17.0 Å². The number of hydrogen-bond donors (Lipinski definition) is 2. The molecule has 0 unspecified atom stereocenters. The van der Waals surface area contributed by atoms with Gasteiger partial charge in [0.1, 0.15) is 6.33 Å².